The van der Waals surface area contributed by atoms with Gasteiger partial charge in [-0.1, -0.05) is 78.9 Å². The SMILES string of the molecule is CCOc1cc(COc2ccc(/C=C(\C#N)C(=O)NCc3ccccc3)cc2)ccc1OCc1ccccc1. The van der Waals surface area contributed by atoms with Gasteiger partial charge in [-0.3, -0.25) is 4.79 Å². The summed E-state index contributed by atoms with van der Waals surface area (Å²) >= 11 is 0. The highest BCUT2D eigenvalue weighted by Gasteiger charge is 2.10. The van der Waals surface area contributed by atoms with Crippen molar-refractivity contribution in [1.82, 2.24) is 5.32 Å². The highest BCUT2D eigenvalue weighted by atomic mass is 16.5. The van der Waals surface area contributed by atoms with Crippen molar-refractivity contribution in [3.8, 4) is 23.3 Å². The van der Waals surface area contributed by atoms with Crippen molar-refractivity contribution in [2.24, 2.45) is 0 Å². The molecule has 0 aliphatic rings. The van der Waals surface area contributed by atoms with E-state index in [0.717, 1.165) is 22.3 Å². The molecule has 0 fully saturated rings. The van der Waals surface area contributed by atoms with E-state index in [1.165, 1.54) is 0 Å². The van der Waals surface area contributed by atoms with Gasteiger partial charge < -0.3 is 19.5 Å². The number of hydrogen-bond acceptors (Lipinski definition) is 5. The molecule has 4 rings (SSSR count). The molecule has 0 radical (unpaired) electrons. The molecule has 4 aromatic carbocycles. The molecule has 6 nitrogen and oxygen atoms in total. The number of benzene rings is 4. The minimum absolute atomic E-state index is 0.0395. The van der Waals surface area contributed by atoms with Crippen molar-refractivity contribution < 1.29 is 19.0 Å². The van der Waals surface area contributed by atoms with E-state index in [0.29, 0.717) is 43.6 Å². The average Bonchev–Trinajstić information content (AvgIpc) is 2.99. The first kappa shape index (κ1) is 27.0. The van der Waals surface area contributed by atoms with Crippen LogP contribution < -0.4 is 19.5 Å². The van der Waals surface area contributed by atoms with Gasteiger partial charge in [0.15, 0.2) is 11.5 Å². The summed E-state index contributed by atoms with van der Waals surface area (Å²) in [6, 6.07) is 34.5. The number of ether oxygens (including phenoxy) is 3. The minimum Gasteiger partial charge on any atom is -0.490 e. The highest BCUT2D eigenvalue weighted by Crippen LogP contribution is 2.30. The first-order valence-electron chi connectivity index (χ1n) is 12.7. The Morgan fingerprint density at radius 3 is 2.10 bits per heavy atom. The number of amides is 1. The molecule has 39 heavy (non-hydrogen) atoms. The number of rotatable bonds is 12. The molecule has 4 aromatic rings. The predicted octanol–water partition coefficient (Wildman–Crippen LogP) is 6.47. The summed E-state index contributed by atoms with van der Waals surface area (Å²) in [4.78, 5) is 12.4. The number of nitrogens with one attached hydrogen (secondary N) is 1. The van der Waals surface area contributed by atoms with Crippen molar-refractivity contribution in [3.05, 3.63) is 131 Å². The van der Waals surface area contributed by atoms with E-state index in [1.807, 2.05) is 116 Å². The maximum absolute atomic E-state index is 12.4. The molecular weight excluding hydrogens is 488 g/mol. The second kappa shape index (κ2) is 14.1. The van der Waals surface area contributed by atoms with Gasteiger partial charge >= 0.3 is 0 Å². The number of carbonyl (C=O) groups is 1. The molecule has 1 amide bonds. The average molecular weight is 519 g/mol. The van der Waals surface area contributed by atoms with Gasteiger partial charge in [-0.25, -0.2) is 0 Å². The largest absolute Gasteiger partial charge is 0.490 e. The summed E-state index contributed by atoms with van der Waals surface area (Å²) in [5.41, 5.74) is 3.76. The zero-order valence-corrected chi connectivity index (χ0v) is 21.8. The van der Waals surface area contributed by atoms with Gasteiger partial charge in [-0.2, -0.15) is 5.26 Å². The van der Waals surface area contributed by atoms with E-state index >= 15 is 0 Å². The van der Waals surface area contributed by atoms with E-state index in [2.05, 4.69) is 5.32 Å². The molecule has 6 heteroatoms. The van der Waals surface area contributed by atoms with E-state index in [9.17, 15) is 10.1 Å². The van der Waals surface area contributed by atoms with Crippen LogP contribution in [0, 0.1) is 11.3 Å². The fourth-order valence-electron chi connectivity index (χ4n) is 3.78. The third-order valence-electron chi connectivity index (χ3n) is 5.80. The quantitative estimate of drug-likeness (QED) is 0.172. The summed E-state index contributed by atoms with van der Waals surface area (Å²) < 4.78 is 17.7. The van der Waals surface area contributed by atoms with E-state index in [1.54, 1.807) is 6.08 Å². The molecule has 0 saturated carbocycles. The normalized spacial score (nSPS) is 10.8. The van der Waals surface area contributed by atoms with E-state index in [4.69, 9.17) is 14.2 Å². The molecule has 196 valence electrons. The fraction of sp³-hybridized carbons (Fsp3) is 0.152. The maximum atomic E-state index is 12.4. The lowest BCUT2D eigenvalue weighted by Gasteiger charge is -2.14. The Morgan fingerprint density at radius 2 is 1.44 bits per heavy atom. The molecular formula is C33H30N2O4. The Balaban J connectivity index is 1.33. The van der Waals surface area contributed by atoms with Crippen LogP contribution in [-0.2, 0) is 24.6 Å². The molecule has 1 N–H and O–H groups in total. The van der Waals surface area contributed by atoms with Gasteiger partial charge in [0.1, 0.15) is 30.6 Å². The molecule has 0 atom stereocenters. The summed E-state index contributed by atoms with van der Waals surface area (Å²) in [6.45, 7) is 3.62. The topological polar surface area (TPSA) is 80.6 Å². The summed E-state index contributed by atoms with van der Waals surface area (Å²) in [5, 5.41) is 12.2. The Kier molecular flexibility index (Phi) is 9.74. The first-order chi connectivity index (χ1) is 19.1. The minimum atomic E-state index is -0.414. The van der Waals surface area contributed by atoms with Gasteiger partial charge in [-0.15, -0.1) is 0 Å². The van der Waals surface area contributed by atoms with Crippen LogP contribution in [0.15, 0.2) is 109 Å². The van der Waals surface area contributed by atoms with Crippen LogP contribution in [0.25, 0.3) is 6.08 Å². The van der Waals surface area contributed by atoms with Crippen molar-refractivity contribution in [1.29, 1.82) is 5.26 Å². The van der Waals surface area contributed by atoms with Gasteiger partial charge in [0.2, 0.25) is 0 Å². The number of nitrogens with zero attached hydrogens (tertiary/aromatic N) is 1. The summed E-state index contributed by atoms with van der Waals surface area (Å²) in [6.07, 6.45) is 1.56. The van der Waals surface area contributed by atoms with Gasteiger partial charge in [0.05, 0.1) is 6.61 Å². The van der Waals surface area contributed by atoms with E-state index < -0.39 is 5.91 Å². The lowest BCUT2D eigenvalue weighted by molar-refractivity contribution is -0.117. The van der Waals surface area contributed by atoms with Crippen molar-refractivity contribution in [3.63, 3.8) is 0 Å². The number of hydrogen-bond donors (Lipinski definition) is 1. The summed E-state index contributed by atoms with van der Waals surface area (Å²) in [5.74, 6) is 1.61. The van der Waals surface area contributed by atoms with Gasteiger partial charge in [0.25, 0.3) is 5.91 Å². The van der Waals surface area contributed by atoms with Gasteiger partial charge in [0, 0.05) is 6.54 Å². The Labute approximate surface area is 229 Å². The molecule has 0 spiro atoms. The number of nitriles is 1. The molecule has 0 heterocycles. The standard InChI is InChI=1S/C33H30N2O4/c1-2-37-32-20-28(15-18-31(32)39-23-27-11-7-4-8-12-27)24-38-30-16-13-25(14-17-30)19-29(21-34)33(36)35-22-26-9-5-3-6-10-26/h3-20H,2,22-24H2,1H3,(H,35,36)/b29-19+. The third-order valence-corrected chi connectivity index (χ3v) is 5.80. The lowest BCUT2D eigenvalue weighted by Crippen LogP contribution is -2.23. The van der Waals surface area contributed by atoms with Crippen LogP contribution in [0.5, 0.6) is 17.2 Å². The zero-order chi connectivity index (χ0) is 27.3. The van der Waals surface area contributed by atoms with Gasteiger partial charge in [-0.05, 0) is 59.5 Å². The fourth-order valence-corrected chi connectivity index (χ4v) is 3.78. The van der Waals surface area contributed by atoms with Crippen molar-refractivity contribution in [2.75, 3.05) is 6.61 Å². The van der Waals surface area contributed by atoms with Crippen LogP contribution in [0.3, 0.4) is 0 Å². The molecule has 0 aromatic heterocycles. The van der Waals surface area contributed by atoms with Crippen LogP contribution in [0.4, 0.5) is 0 Å². The van der Waals surface area contributed by atoms with Crippen LogP contribution in [0.2, 0.25) is 0 Å². The van der Waals surface area contributed by atoms with Crippen LogP contribution in [0.1, 0.15) is 29.2 Å². The molecule has 0 aliphatic carbocycles. The van der Waals surface area contributed by atoms with Crippen LogP contribution >= 0.6 is 0 Å². The second-order valence-corrected chi connectivity index (χ2v) is 8.68. The predicted molar refractivity (Wildman–Crippen MR) is 151 cm³/mol. The maximum Gasteiger partial charge on any atom is 0.262 e. The highest BCUT2D eigenvalue weighted by molar-refractivity contribution is 6.01. The molecule has 0 aliphatic heterocycles. The third kappa shape index (κ3) is 8.24. The number of carbonyl (C=O) groups excluding carboxylic acids is 1. The van der Waals surface area contributed by atoms with Crippen molar-refractivity contribution >= 4 is 12.0 Å². The Bertz CT molecular complexity index is 1430. The first-order valence-corrected chi connectivity index (χ1v) is 12.7. The van der Waals surface area contributed by atoms with Crippen LogP contribution in [-0.4, -0.2) is 12.5 Å². The summed E-state index contributed by atoms with van der Waals surface area (Å²) in [7, 11) is 0. The molecule has 0 bridgehead atoms. The Hall–Kier alpha value is -5.02. The van der Waals surface area contributed by atoms with E-state index in [-0.39, 0.29) is 5.57 Å². The monoisotopic (exact) mass is 518 g/mol. The lowest BCUT2D eigenvalue weighted by atomic mass is 10.1. The smallest absolute Gasteiger partial charge is 0.262 e. The Morgan fingerprint density at radius 1 is 0.769 bits per heavy atom. The zero-order valence-electron chi connectivity index (χ0n) is 21.8. The van der Waals surface area contributed by atoms with Crippen molar-refractivity contribution in [2.45, 2.75) is 26.7 Å². The second-order valence-electron chi connectivity index (χ2n) is 8.68. The molecule has 0 saturated heterocycles. The molecule has 0 unspecified atom stereocenters.